The Labute approximate surface area is 174 Å². The second kappa shape index (κ2) is 10.4. The van der Waals surface area contributed by atoms with E-state index in [0.29, 0.717) is 42.6 Å². The van der Waals surface area contributed by atoms with Crippen molar-refractivity contribution in [2.24, 2.45) is 0 Å². The molecule has 0 saturated heterocycles. The number of nitrogen functional groups attached to an aromatic ring is 1. The van der Waals surface area contributed by atoms with Gasteiger partial charge in [-0.1, -0.05) is 0 Å². The Bertz CT molecular complexity index is 1060. The number of hydrogen-bond donors (Lipinski definition) is 3. The van der Waals surface area contributed by atoms with Crippen LogP contribution in [0.25, 0.3) is 0 Å². The van der Waals surface area contributed by atoms with E-state index in [0.717, 1.165) is 5.69 Å². The summed E-state index contributed by atoms with van der Waals surface area (Å²) < 4.78 is 5.41. The third-order valence-corrected chi connectivity index (χ3v) is 3.89. The normalized spacial score (nSPS) is 9.90. The molecule has 0 aliphatic heterocycles. The predicted octanol–water partition coefficient (Wildman–Crippen LogP) is 2.51. The lowest BCUT2D eigenvalue weighted by Gasteiger charge is -2.09. The molecule has 0 unspecified atom stereocenters. The quantitative estimate of drug-likeness (QED) is 0.387. The Morgan fingerprint density at radius 1 is 1.17 bits per heavy atom. The number of aromatic nitrogens is 4. The first-order chi connectivity index (χ1) is 14.7. The van der Waals surface area contributed by atoms with Gasteiger partial charge >= 0.3 is 0 Å². The molecule has 4 N–H and O–H groups in total. The number of nitrogens with two attached hydrogens (primary N) is 1. The number of carbonyl (C=O) groups is 1. The predicted molar refractivity (Wildman–Crippen MR) is 114 cm³/mol. The number of rotatable bonds is 8. The molecule has 0 saturated carbocycles. The molecule has 0 aliphatic rings. The van der Waals surface area contributed by atoms with Crippen LogP contribution < -0.4 is 21.1 Å². The van der Waals surface area contributed by atoms with E-state index in [9.17, 15) is 4.79 Å². The molecule has 9 heteroatoms. The first kappa shape index (κ1) is 20.5. The van der Waals surface area contributed by atoms with E-state index >= 15 is 0 Å². The minimum Gasteiger partial charge on any atom is -0.476 e. The molecule has 9 nitrogen and oxygen atoms in total. The van der Waals surface area contributed by atoms with E-state index in [1.807, 2.05) is 6.07 Å². The maximum atomic E-state index is 12.4. The Balaban J connectivity index is 1.56. The third-order valence-electron chi connectivity index (χ3n) is 3.89. The van der Waals surface area contributed by atoms with Crippen molar-refractivity contribution in [1.29, 1.82) is 0 Å². The zero-order chi connectivity index (χ0) is 21.2. The smallest absolute Gasteiger partial charge is 0.275 e. The lowest BCUT2D eigenvalue weighted by atomic mass is 10.3. The summed E-state index contributed by atoms with van der Waals surface area (Å²) in [5, 5.41) is 5.95. The molecule has 3 aromatic heterocycles. The molecule has 0 radical (unpaired) electrons. The molecule has 30 heavy (non-hydrogen) atoms. The van der Waals surface area contributed by atoms with Crippen LogP contribution in [0.5, 0.6) is 5.88 Å². The fraction of sp³-hybridized carbons (Fsp3) is 0.190. The monoisotopic (exact) mass is 403 g/mol. The van der Waals surface area contributed by atoms with E-state index < -0.39 is 0 Å². The third kappa shape index (κ3) is 5.90. The highest BCUT2D eigenvalue weighted by Gasteiger charge is 2.10. The van der Waals surface area contributed by atoms with Gasteiger partial charge in [0.15, 0.2) is 0 Å². The number of nitrogens with one attached hydrogen (secondary N) is 2. The van der Waals surface area contributed by atoms with Gasteiger partial charge in [0.25, 0.3) is 5.91 Å². The van der Waals surface area contributed by atoms with E-state index in [2.05, 4.69) is 42.4 Å². The summed E-state index contributed by atoms with van der Waals surface area (Å²) in [5.41, 5.74) is 8.02. The van der Waals surface area contributed by atoms with Crippen molar-refractivity contribution in [2.75, 3.05) is 23.0 Å². The van der Waals surface area contributed by atoms with Crippen molar-refractivity contribution in [3.63, 3.8) is 0 Å². The first-order valence-corrected chi connectivity index (χ1v) is 9.21. The molecule has 0 aromatic carbocycles. The van der Waals surface area contributed by atoms with Crippen molar-refractivity contribution in [3.8, 4) is 17.7 Å². The first-order valence-electron chi connectivity index (χ1n) is 9.21. The molecule has 1 amide bonds. The van der Waals surface area contributed by atoms with Gasteiger partial charge in [0.05, 0.1) is 30.3 Å². The SMILES string of the molecule is CC#CCCOc1cnc(C(=O)Nc2ccnc(CNc3cccnc3N)c2)cn1. The topological polar surface area (TPSA) is 128 Å². The fourth-order valence-electron chi connectivity index (χ4n) is 2.44. The number of carbonyl (C=O) groups excluding carboxylic acids is 1. The average molecular weight is 403 g/mol. The highest BCUT2D eigenvalue weighted by molar-refractivity contribution is 6.02. The average Bonchev–Trinajstić information content (AvgIpc) is 2.77. The van der Waals surface area contributed by atoms with Crippen molar-refractivity contribution < 1.29 is 9.53 Å². The molecule has 0 aliphatic carbocycles. The van der Waals surface area contributed by atoms with Crippen molar-refractivity contribution in [3.05, 3.63) is 60.4 Å². The molecule has 0 fully saturated rings. The summed E-state index contributed by atoms with van der Waals surface area (Å²) in [7, 11) is 0. The lowest BCUT2D eigenvalue weighted by molar-refractivity contribution is 0.102. The summed E-state index contributed by atoms with van der Waals surface area (Å²) in [6.07, 6.45) is 6.62. The minimum atomic E-state index is -0.382. The fourth-order valence-corrected chi connectivity index (χ4v) is 2.44. The minimum absolute atomic E-state index is 0.176. The van der Waals surface area contributed by atoms with Crippen molar-refractivity contribution in [1.82, 2.24) is 19.9 Å². The van der Waals surface area contributed by atoms with Gasteiger partial charge in [-0.15, -0.1) is 11.8 Å². The molecule has 0 atom stereocenters. The summed E-state index contributed by atoms with van der Waals surface area (Å²) in [6.45, 7) is 2.61. The number of pyridine rings is 2. The Morgan fingerprint density at radius 2 is 2.07 bits per heavy atom. The number of amides is 1. The zero-order valence-corrected chi connectivity index (χ0v) is 16.4. The molecule has 3 heterocycles. The molecular formula is C21H21N7O2. The molecule has 3 rings (SSSR count). The van der Waals surface area contributed by atoms with E-state index in [1.165, 1.54) is 12.4 Å². The largest absolute Gasteiger partial charge is 0.476 e. The van der Waals surface area contributed by atoms with Crippen LogP contribution in [0.4, 0.5) is 17.2 Å². The van der Waals surface area contributed by atoms with Crippen LogP contribution in [0, 0.1) is 11.8 Å². The van der Waals surface area contributed by atoms with Crippen LogP contribution in [-0.2, 0) is 6.54 Å². The number of hydrogen-bond acceptors (Lipinski definition) is 8. The van der Waals surface area contributed by atoms with Gasteiger partial charge in [0.2, 0.25) is 5.88 Å². The Kier molecular flexibility index (Phi) is 7.11. The van der Waals surface area contributed by atoms with E-state index in [1.54, 1.807) is 37.5 Å². The number of ether oxygens (including phenoxy) is 1. The number of anilines is 3. The summed E-state index contributed by atoms with van der Waals surface area (Å²) in [6, 6.07) is 7.08. The standard InChI is InChI=1S/C21H21N7O2/c1-2-3-4-10-30-19-14-26-18(13-27-19)21(29)28-15-7-9-23-16(11-15)12-25-17-6-5-8-24-20(17)22/h5-9,11,13-14,25H,4,10,12H2,1H3,(H2,22,24)(H,23,28,29). The van der Waals surface area contributed by atoms with Crippen LogP contribution in [0.2, 0.25) is 0 Å². The Morgan fingerprint density at radius 3 is 2.83 bits per heavy atom. The maximum Gasteiger partial charge on any atom is 0.275 e. The highest BCUT2D eigenvalue weighted by atomic mass is 16.5. The van der Waals surface area contributed by atoms with Crippen LogP contribution in [-0.4, -0.2) is 32.4 Å². The van der Waals surface area contributed by atoms with Gasteiger partial charge in [-0.3, -0.25) is 9.78 Å². The molecular weight excluding hydrogens is 382 g/mol. The van der Waals surface area contributed by atoms with Crippen molar-refractivity contribution in [2.45, 2.75) is 19.9 Å². The summed E-state index contributed by atoms with van der Waals surface area (Å²) in [4.78, 5) is 28.9. The van der Waals surface area contributed by atoms with Gasteiger partial charge < -0.3 is 21.1 Å². The molecule has 3 aromatic rings. The van der Waals surface area contributed by atoms with Crippen molar-refractivity contribution >= 4 is 23.1 Å². The van der Waals surface area contributed by atoms with Crippen LogP contribution in [0.3, 0.4) is 0 Å². The van der Waals surface area contributed by atoms with Gasteiger partial charge in [0.1, 0.15) is 18.1 Å². The molecule has 0 bridgehead atoms. The van der Waals surface area contributed by atoms with E-state index in [4.69, 9.17) is 10.5 Å². The zero-order valence-electron chi connectivity index (χ0n) is 16.4. The maximum absolute atomic E-state index is 12.4. The Hall–Kier alpha value is -4.19. The van der Waals surface area contributed by atoms with Crippen LogP contribution in [0.1, 0.15) is 29.5 Å². The lowest BCUT2D eigenvalue weighted by Crippen LogP contribution is -2.15. The van der Waals surface area contributed by atoms with Gasteiger partial charge in [0, 0.05) is 24.5 Å². The van der Waals surface area contributed by atoms with Gasteiger partial charge in [-0.25, -0.2) is 15.0 Å². The molecule has 0 spiro atoms. The second-order valence-electron chi connectivity index (χ2n) is 6.04. The van der Waals surface area contributed by atoms with E-state index in [-0.39, 0.29) is 11.6 Å². The number of nitrogens with zero attached hydrogens (tertiary/aromatic N) is 4. The van der Waals surface area contributed by atoms with Crippen LogP contribution >= 0.6 is 0 Å². The highest BCUT2D eigenvalue weighted by Crippen LogP contribution is 2.16. The summed E-state index contributed by atoms with van der Waals surface area (Å²) in [5.74, 6) is 6.05. The van der Waals surface area contributed by atoms with Gasteiger partial charge in [-0.05, 0) is 31.2 Å². The second-order valence-corrected chi connectivity index (χ2v) is 6.04. The molecule has 152 valence electrons. The van der Waals surface area contributed by atoms with Gasteiger partial charge in [-0.2, -0.15) is 0 Å². The van der Waals surface area contributed by atoms with Crippen LogP contribution in [0.15, 0.2) is 49.1 Å². The summed E-state index contributed by atoms with van der Waals surface area (Å²) >= 11 is 0.